The molecule has 0 saturated carbocycles. The minimum atomic E-state index is -3.89. The summed E-state index contributed by atoms with van der Waals surface area (Å²) in [6.45, 7) is 1.02. The maximum atomic E-state index is 13.0. The van der Waals surface area contributed by atoms with Crippen molar-refractivity contribution in [1.82, 2.24) is 9.29 Å². The van der Waals surface area contributed by atoms with Crippen LogP contribution in [0.4, 0.5) is 11.4 Å². The molecule has 2 amide bonds. The minimum Gasteiger partial charge on any atom is -0.326 e. The van der Waals surface area contributed by atoms with Gasteiger partial charge in [0, 0.05) is 48.5 Å². The normalized spacial score (nSPS) is 11.4. The second-order valence-electron chi connectivity index (χ2n) is 6.42. The maximum absolute atomic E-state index is 13.0. The van der Waals surface area contributed by atoms with E-state index >= 15 is 0 Å². The molecule has 0 fully saturated rings. The fraction of sp³-hybridized carbons (Fsp3) is 0.150. The van der Waals surface area contributed by atoms with Crippen LogP contribution >= 0.6 is 0 Å². The number of hydrogen-bond donors (Lipinski definition) is 2. The van der Waals surface area contributed by atoms with Gasteiger partial charge in [0.2, 0.25) is 21.8 Å². The first kappa shape index (κ1) is 20.4. The lowest BCUT2D eigenvalue weighted by Crippen LogP contribution is -2.35. The topological polar surface area (TPSA) is 108 Å². The average Bonchev–Trinajstić information content (AvgIpc) is 2.67. The smallest absolute Gasteiger partial charge is 0.243 e. The number of amides is 2. The highest BCUT2D eigenvalue weighted by atomic mass is 32.2. The number of aromatic nitrogens is 1. The van der Waals surface area contributed by atoms with Gasteiger partial charge in [0.1, 0.15) is 0 Å². The molecule has 0 aliphatic carbocycles. The number of pyridine rings is 1. The fourth-order valence-corrected chi connectivity index (χ4v) is 4.19. The Hall–Kier alpha value is -3.30. The van der Waals surface area contributed by atoms with Gasteiger partial charge in [-0.25, -0.2) is 8.42 Å². The Morgan fingerprint density at radius 1 is 1.03 bits per heavy atom. The van der Waals surface area contributed by atoms with E-state index in [1.165, 1.54) is 26.2 Å². The molecule has 0 saturated heterocycles. The van der Waals surface area contributed by atoms with Crippen molar-refractivity contribution >= 4 is 44.0 Å². The monoisotopic (exact) mass is 412 g/mol. The zero-order valence-electron chi connectivity index (χ0n) is 15.9. The molecular formula is C20H20N4O4S. The molecule has 1 aromatic heterocycles. The highest BCUT2D eigenvalue weighted by molar-refractivity contribution is 7.89. The van der Waals surface area contributed by atoms with Crippen molar-refractivity contribution in [2.75, 3.05) is 24.2 Å². The lowest BCUT2D eigenvalue weighted by molar-refractivity contribution is -0.116. The van der Waals surface area contributed by atoms with Crippen LogP contribution in [0.2, 0.25) is 0 Å². The van der Waals surface area contributed by atoms with Crippen molar-refractivity contribution in [1.29, 1.82) is 0 Å². The third kappa shape index (κ3) is 4.76. The van der Waals surface area contributed by atoms with Gasteiger partial charge in [-0.05, 0) is 30.3 Å². The third-order valence-electron chi connectivity index (χ3n) is 4.16. The number of carbonyl (C=O) groups excluding carboxylic acids is 2. The van der Waals surface area contributed by atoms with Gasteiger partial charge in [-0.3, -0.25) is 14.6 Å². The first-order valence-electron chi connectivity index (χ1n) is 8.74. The Labute approximate surface area is 168 Å². The first-order valence-corrected chi connectivity index (χ1v) is 10.2. The predicted octanol–water partition coefficient (Wildman–Crippen LogP) is 2.45. The van der Waals surface area contributed by atoms with Crippen molar-refractivity contribution in [3.63, 3.8) is 0 Å². The largest absolute Gasteiger partial charge is 0.326 e. The molecule has 2 aromatic carbocycles. The van der Waals surface area contributed by atoms with E-state index in [9.17, 15) is 18.0 Å². The number of hydrogen-bond acceptors (Lipinski definition) is 5. The van der Waals surface area contributed by atoms with Crippen LogP contribution in [0.25, 0.3) is 10.8 Å². The number of fused-ring (bicyclic) bond motifs is 1. The average molecular weight is 412 g/mol. The van der Waals surface area contributed by atoms with Crippen LogP contribution in [0.1, 0.15) is 6.92 Å². The Bertz CT molecular complexity index is 1170. The first-order chi connectivity index (χ1) is 13.8. The van der Waals surface area contributed by atoms with E-state index in [1.807, 2.05) is 0 Å². The number of carbonyl (C=O) groups is 2. The van der Waals surface area contributed by atoms with E-state index in [2.05, 4.69) is 15.6 Å². The van der Waals surface area contributed by atoms with Crippen molar-refractivity contribution in [3.05, 3.63) is 60.9 Å². The molecule has 0 bridgehead atoms. The van der Waals surface area contributed by atoms with Crippen LogP contribution in [0.5, 0.6) is 0 Å². The standard InChI is InChI=1S/C20H20N4O4S/c1-14(25)22-16-6-4-7-17(11-16)23-20(26)13-24(2)29(27,28)19-8-3-5-15-12-21-10-9-18(15)19/h3-12H,13H2,1-2H3,(H,22,25)(H,23,26). The lowest BCUT2D eigenvalue weighted by atomic mass is 10.2. The number of rotatable bonds is 6. The maximum Gasteiger partial charge on any atom is 0.243 e. The zero-order chi connectivity index (χ0) is 21.0. The summed E-state index contributed by atoms with van der Waals surface area (Å²) in [5, 5.41) is 6.50. The quantitative estimate of drug-likeness (QED) is 0.646. The Balaban J connectivity index is 1.76. The van der Waals surface area contributed by atoms with E-state index in [4.69, 9.17) is 0 Å². The summed E-state index contributed by atoms with van der Waals surface area (Å²) in [6, 6.07) is 13.1. The predicted molar refractivity (Wildman–Crippen MR) is 111 cm³/mol. The highest BCUT2D eigenvalue weighted by Gasteiger charge is 2.25. The Kier molecular flexibility index (Phi) is 5.90. The number of nitrogens with zero attached hydrogens (tertiary/aromatic N) is 2. The van der Waals surface area contributed by atoms with E-state index in [0.717, 1.165) is 4.31 Å². The molecule has 150 valence electrons. The summed E-state index contributed by atoms with van der Waals surface area (Å²) in [5.74, 6) is -0.734. The van der Waals surface area contributed by atoms with Crippen molar-refractivity contribution in [2.45, 2.75) is 11.8 Å². The van der Waals surface area contributed by atoms with Crippen molar-refractivity contribution in [2.24, 2.45) is 0 Å². The summed E-state index contributed by atoms with van der Waals surface area (Å²) < 4.78 is 27.0. The summed E-state index contributed by atoms with van der Waals surface area (Å²) in [5.41, 5.74) is 0.976. The molecule has 1 heterocycles. The molecule has 0 spiro atoms. The van der Waals surface area contributed by atoms with Crippen LogP contribution in [0.3, 0.4) is 0 Å². The van der Waals surface area contributed by atoms with Gasteiger partial charge in [-0.2, -0.15) is 4.31 Å². The molecule has 0 atom stereocenters. The molecule has 0 aliphatic rings. The van der Waals surface area contributed by atoms with Gasteiger partial charge in [0.05, 0.1) is 11.4 Å². The van der Waals surface area contributed by atoms with Crippen LogP contribution in [-0.4, -0.2) is 43.1 Å². The van der Waals surface area contributed by atoms with Gasteiger partial charge in [-0.1, -0.05) is 18.2 Å². The molecule has 3 aromatic rings. The fourth-order valence-electron chi connectivity index (χ4n) is 2.85. The number of benzene rings is 2. The van der Waals surface area contributed by atoms with E-state index in [0.29, 0.717) is 22.1 Å². The minimum absolute atomic E-state index is 0.111. The number of sulfonamides is 1. The Morgan fingerprint density at radius 3 is 2.45 bits per heavy atom. The number of anilines is 2. The molecule has 0 unspecified atom stereocenters. The highest BCUT2D eigenvalue weighted by Crippen LogP contribution is 2.24. The number of likely N-dealkylation sites (N-methyl/N-ethyl adjacent to an activating group) is 1. The second kappa shape index (κ2) is 8.38. The summed E-state index contributed by atoms with van der Waals surface area (Å²) in [4.78, 5) is 27.7. The van der Waals surface area contributed by atoms with Crippen LogP contribution in [0, 0.1) is 0 Å². The molecule has 2 N–H and O–H groups in total. The van der Waals surface area contributed by atoms with E-state index < -0.39 is 15.9 Å². The van der Waals surface area contributed by atoms with Crippen molar-refractivity contribution in [3.8, 4) is 0 Å². The van der Waals surface area contributed by atoms with Gasteiger partial charge >= 0.3 is 0 Å². The van der Waals surface area contributed by atoms with Gasteiger partial charge in [0.15, 0.2) is 0 Å². The SMILES string of the molecule is CC(=O)Nc1cccc(NC(=O)CN(C)S(=O)(=O)c2cccc3cnccc23)c1. The second-order valence-corrected chi connectivity index (χ2v) is 8.44. The lowest BCUT2D eigenvalue weighted by Gasteiger charge is -2.18. The third-order valence-corrected chi connectivity index (χ3v) is 6.02. The number of nitrogens with one attached hydrogen (secondary N) is 2. The molecule has 0 radical (unpaired) electrons. The molecule has 8 nitrogen and oxygen atoms in total. The zero-order valence-corrected chi connectivity index (χ0v) is 16.7. The molecule has 3 rings (SSSR count). The summed E-state index contributed by atoms with van der Waals surface area (Å²) in [6.07, 6.45) is 3.11. The van der Waals surface area contributed by atoms with Gasteiger partial charge in [-0.15, -0.1) is 0 Å². The molecule has 0 aliphatic heterocycles. The van der Waals surface area contributed by atoms with Gasteiger partial charge in [0.25, 0.3) is 0 Å². The molecule has 29 heavy (non-hydrogen) atoms. The van der Waals surface area contributed by atoms with Crippen LogP contribution < -0.4 is 10.6 Å². The van der Waals surface area contributed by atoms with Crippen molar-refractivity contribution < 1.29 is 18.0 Å². The van der Waals surface area contributed by atoms with E-state index in [1.54, 1.807) is 48.7 Å². The Morgan fingerprint density at radius 2 is 1.72 bits per heavy atom. The summed E-state index contributed by atoms with van der Waals surface area (Å²) in [7, 11) is -2.54. The van der Waals surface area contributed by atoms with Crippen LogP contribution in [-0.2, 0) is 19.6 Å². The van der Waals surface area contributed by atoms with E-state index in [-0.39, 0.29) is 17.3 Å². The molecular weight excluding hydrogens is 392 g/mol. The van der Waals surface area contributed by atoms with Gasteiger partial charge < -0.3 is 10.6 Å². The van der Waals surface area contributed by atoms with Crippen LogP contribution in [0.15, 0.2) is 65.8 Å². The summed E-state index contributed by atoms with van der Waals surface area (Å²) >= 11 is 0. The molecule has 9 heteroatoms.